The predicted octanol–water partition coefficient (Wildman–Crippen LogP) is 2.29. The number of thiazole rings is 1. The van der Waals surface area contributed by atoms with Crippen LogP contribution in [0.4, 0.5) is 15.2 Å². The summed E-state index contributed by atoms with van der Waals surface area (Å²) in [4.78, 5) is 20.4. The Kier molecular flexibility index (Phi) is 5.64. The molecule has 0 aliphatic carbocycles. The average Bonchev–Trinajstić information content (AvgIpc) is 3.18. The zero-order valence-corrected chi connectivity index (χ0v) is 16.2. The van der Waals surface area contributed by atoms with E-state index in [4.69, 9.17) is 0 Å². The fourth-order valence-electron chi connectivity index (χ4n) is 3.37. The molecule has 1 aliphatic heterocycles. The Hall–Kier alpha value is -2.77. The van der Waals surface area contributed by atoms with E-state index in [0.29, 0.717) is 11.7 Å². The lowest BCUT2D eigenvalue weighted by Crippen LogP contribution is -3.15. The molecule has 0 unspecified atom stereocenters. The van der Waals surface area contributed by atoms with Gasteiger partial charge in [0.15, 0.2) is 11.7 Å². The van der Waals surface area contributed by atoms with E-state index in [9.17, 15) is 9.18 Å². The molecule has 2 heterocycles. The fourth-order valence-corrected chi connectivity index (χ4v) is 4.11. The lowest BCUT2D eigenvalue weighted by Gasteiger charge is -2.33. The normalized spacial score (nSPS) is 14.8. The Bertz CT molecular complexity index is 921. The number of amides is 1. The molecule has 0 bridgehead atoms. The molecule has 3 aromatic rings. The summed E-state index contributed by atoms with van der Waals surface area (Å²) in [5.41, 5.74) is 2.95. The third kappa shape index (κ3) is 4.55. The van der Waals surface area contributed by atoms with Crippen molar-refractivity contribution in [2.75, 3.05) is 42.9 Å². The van der Waals surface area contributed by atoms with Gasteiger partial charge < -0.3 is 9.80 Å². The Labute approximate surface area is 167 Å². The summed E-state index contributed by atoms with van der Waals surface area (Å²) in [6.45, 7) is 3.88. The van der Waals surface area contributed by atoms with Crippen LogP contribution in [0.3, 0.4) is 0 Å². The molecule has 28 heavy (non-hydrogen) atoms. The van der Waals surface area contributed by atoms with Gasteiger partial charge in [-0.1, -0.05) is 30.3 Å². The molecule has 4 rings (SSSR count). The van der Waals surface area contributed by atoms with Crippen molar-refractivity contribution in [2.24, 2.45) is 0 Å². The molecule has 0 radical (unpaired) electrons. The summed E-state index contributed by atoms with van der Waals surface area (Å²) in [5, 5.41) is 5.51. The van der Waals surface area contributed by atoms with Crippen LogP contribution in [-0.4, -0.2) is 43.6 Å². The minimum atomic E-state index is -0.220. The van der Waals surface area contributed by atoms with Gasteiger partial charge in [0.2, 0.25) is 0 Å². The monoisotopic (exact) mass is 397 g/mol. The molecule has 1 amide bonds. The van der Waals surface area contributed by atoms with Crippen LogP contribution in [0.15, 0.2) is 60.0 Å². The number of hydrogen-bond acceptors (Lipinski definition) is 4. The summed E-state index contributed by atoms with van der Waals surface area (Å²) in [5.74, 6) is -0.235. The van der Waals surface area contributed by atoms with Gasteiger partial charge in [0.25, 0.3) is 5.91 Å². The first-order valence-electron chi connectivity index (χ1n) is 9.32. The van der Waals surface area contributed by atoms with Crippen molar-refractivity contribution in [3.63, 3.8) is 0 Å². The molecule has 1 aromatic heterocycles. The van der Waals surface area contributed by atoms with E-state index in [-0.39, 0.29) is 11.7 Å². The van der Waals surface area contributed by atoms with Gasteiger partial charge in [-0.25, -0.2) is 9.37 Å². The van der Waals surface area contributed by atoms with E-state index in [2.05, 4.69) is 15.2 Å². The summed E-state index contributed by atoms with van der Waals surface area (Å²) < 4.78 is 13.1. The SMILES string of the molecule is O=C(C[NH+]1CCN(c2ccc(F)cc2)CC1)Nc1nc(-c2ccccc2)cs1. The van der Waals surface area contributed by atoms with E-state index < -0.39 is 0 Å². The Morgan fingerprint density at radius 1 is 1.11 bits per heavy atom. The van der Waals surface area contributed by atoms with Gasteiger partial charge in [0, 0.05) is 16.6 Å². The van der Waals surface area contributed by atoms with Crippen molar-refractivity contribution in [1.29, 1.82) is 0 Å². The number of carbonyl (C=O) groups is 1. The number of aromatic nitrogens is 1. The van der Waals surface area contributed by atoms with Gasteiger partial charge in [-0.05, 0) is 24.3 Å². The molecule has 1 aliphatic rings. The van der Waals surface area contributed by atoms with Crippen LogP contribution in [0, 0.1) is 5.82 Å². The number of halogens is 1. The number of anilines is 2. The molecule has 0 saturated carbocycles. The van der Waals surface area contributed by atoms with E-state index in [0.717, 1.165) is 43.1 Å². The van der Waals surface area contributed by atoms with Crippen LogP contribution in [-0.2, 0) is 4.79 Å². The molecular weight excluding hydrogens is 375 g/mol. The summed E-state index contributed by atoms with van der Waals surface area (Å²) in [6.07, 6.45) is 0. The minimum absolute atomic E-state index is 0.0146. The van der Waals surface area contributed by atoms with Crippen LogP contribution in [0.2, 0.25) is 0 Å². The Balaban J connectivity index is 1.27. The third-order valence-corrected chi connectivity index (χ3v) is 5.65. The molecule has 144 valence electrons. The molecule has 1 fully saturated rings. The summed E-state index contributed by atoms with van der Waals surface area (Å²) in [6, 6.07) is 16.5. The van der Waals surface area contributed by atoms with Gasteiger partial charge in [0.1, 0.15) is 5.82 Å². The second kappa shape index (κ2) is 8.50. The number of benzene rings is 2. The lowest BCUT2D eigenvalue weighted by molar-refractivity contribution is -0.892. The maximum atomic E-state index is 13.1. The average molecular weight is 397 g/mol. The van der Waals surface area contributed by atoms with Crippen LogP contribution >= 0.6 is 11.3 Å². The van der Waals surface area contributed by atoms with Gasteiger partial charge in [0.05, 0.1) is 31.9 Å². The second-order valence-electron chi connectivity index (χ2n) is 6.84. The van der Waals surface area contributed by atoms with Gasteiger partial charge in [-0.15, -0.1) is 11.3 Å². The van der Waals surface area contributed by atoms with Crippen LogP contribution < -0.4 is 15.1 Å². The van der Waals surface area contributed by atoms with E-state index in [1.54, 1.807) is 12.1 Å². The smallest absolute Gasteiger partial charge is 0.281 e. The fraction of sp³-hybridized carbons (Fsp3) is 0.238. The van der Waals surface area contributed by atoms with Crippen molar-refractivity contribution >= 4 is 28.1 Å². The molecule has 0 spiro atoms. The maximum absolute atomic E-state index is 13.1. The van der Waals surface area contributed by atoms with E-state index >= 15 is 0 Å². The standard InChI is InChI=1S/C21H21FN4OS/c22-17-6-8-18(9-7-17)26-12-10-25(11-13-26)14-20(27)24-21-23-19(15-28-21)16-4-2-1-3-5-16/h1-9,15H,10-14H2,(H,23,24,27)/p+1. The van der Waals surface area contributed by atoms with Crippen molar-refractivity contribution in [3.05, 3.63) is 65.8 Å². The van der Waals surface area contributed by atoms with Crippen LogP contribution in [0.25, 0.3) is 11.3 Å². The minimum Gasteiger partial charge on any atom is -0.360 e. The largest absolute Gasteiger partial charge is 0.360 e. The number of nitrogens with zero attached hydrogens (tertiary/aromatic N) is 2. The lowest BCUT2D eigenvalue weighted by atomic mass is 10.2. The zero-order chi connectivity index (χ0) is 19.3. The quantitative estimate of drug-likeness (QED) is 0.695. The molecule has 5 nitrogen and oxygen atoms in total. The number of quaternary nitrogens is 1. The van der Waals surface area contributed by atoms with E-state index in [1.165, 1.54) is 28.4 Å². The molecule has 7 heteroatoms. The highest BCUT2D eigenvalue weighted by atomic mass is 32.1. The van der Waals surface area contributed by atoms with Crippen molar-refractivity contribution < 1.29 is 14.1 Å². The van der Waals surface area contributed by atoms with Crippen molar-refractivity contribution in [2.45, 2.75) is 0 Å². The third-order valence-electron chi connectivity index (χ3n) is 4.89. The molecule has 2 aromatic carbocycles. The van der Waals surface area contributed by atoms with E-state index in [1.807, 2.05) is 35.7 Å². The predicted molar refractivity (Wildman–Crippen MR) is 110 cm³/mol. The first-order valence-corrected chi connectivity index (χ1v) is 10.2. The highest BCUT2D eigenvalue weighted by Gasteiger charge is 2.22. The number of hydrogen-bond donors (Lipinski definition) is 2. The van der Waals surface area contributed by atoms with Crippen LogP contribution in [0.1, 0.15) is 0 Å². The molecular formula is C21H22FN4OS+. The first-order chi connectivity index (χ1) is 13.7. The second-order valence-corrected chi connectivity index (χ2v) is 7.70. The zero-order valence-electron chi connectivity index (χ0n) is 15.4. The van der Waals surface area contributed by atoms with Crippen molar-refractivity contribution in [3.8, 4) is 11.3 Å². The molecule has 0 atom stereocenters. The Morgan fingerprint density at radius 3 is 2.54 bits per heavy atom. The summed E-state index contributed by atoms with van der Waals surface area (Å²) >= 11 is 1.44. The van der Waals surface area contributed by atoms with Crippen LogP contribution in [0.5, 0.6) is 0 Å². The Morgan fingerprint density at radius 2 is 1.82 bits per heavy atom. The highest BCUT2D eigenvalue weighted by molar-refractivity contribution is 7.14. The topological polar surface area (TPSA) is 49.7 Å². The number of piperazine rings is 1. The first kappa shape index (κ1) is 18.6. The highest BCUT2D eigenvalue weighted by Crippen LogP contribution is 2.24. The van der Waals surface area contributed by atoms with Gasteiger partial charge in [-0.3, -0.25) is 10.1 Å². The summed E-state index contributed by atoms with van der Waals surface area (Å²) in [7, 11) is 0. The number of rotatable bonds is 5. The maximum Gasteiger partial charge on any atom is 0.281 e. The number of nitrogens with one attached hydrogen (secondary N) is 2. The molecule has 1 saturated heterocycles. The number of carbonyl (C=O) groups excluding carboxylic acids is 1. The molecule has 2 N–H and O–H groups in total. The van der Waals surface area contributed by atoms with Gasteiger partial charge >= 0.3 is 0 Å². The van der Waals surface area contributed by atoms with Crippen molar-refractivity contribution in [1.82, 2.24) is 4.98 Å². The van der Waals surface area contributed by atoms with Gasteiger partial charge in [-0.2, -0.15) is 0 Å².